The van der Waals surface area contributed by atoms with Gasteiger partial charge in [-0.1, -0.05) is 63.4 Å². The molecule has 0 amide bonds. The summed E-state index contributed by atoms with van der Waals surface area (Å²) < 4.78 is 17.9. The van der Waals surface area contributed by atoms with Gasteiger partial charge in [-0.25, -0.2) is 9.59 Å². The highest BCUT2D eigenvalue weighted by Crippen LogP contribution is 2.23. The van der Waals surface area contributed by atoms with Gasteiger partial charge in [0, 0.05) is 54.8 Å². The summed E-state index contributed by atoms with van der Waals surface area (Å²) in [4.78, 5) is 59.2. The zero-order valence-electron chi connectivity index (χ0n) is 32.4. The van der Waals surface area contributed by atoms with Crippen LogP contribution in [0, 0.1) is 0 Å². The topological polar surface area (TPSA) is 177 Å². The number of aliphatic imine (C=N–C) groups is 1. The predicted molar refractivity (Wildman–Crippen MR) is 226 cm³/mol. The number of imidazole rings is 1. The van der Waals surface area contributed by atoms with E-state index in [1.54, 1.807) is 16.7 Å². The van der Waals surface area contributed by atoms with Gasteiger partial charge >= 0.3 is 11.4 Å². The first kappa shape index (κ1) is 45.2. The van der Waals surface area contributed by atoms with Crippen LogP contribution in [0.3, 0.4) is 0 Å². The number of benzene rings is 2. The molecule has 0 spiro atoms. The number of aryl methyl sites for hydroxylation is 1. The molecule has 0 radical (unpaired) electrons. The van der Waals surface area contributed by atoms with Crippen LogP contribution in [-0.4, -0.2) is 70.4 Å². The summed E-state index contributed by atoms with van der Waals surface area (Å²) in [5, 5.41) is 20.3. The number of aliphatic hydroxyl groups is 2. The first-order valence-corrected chi connectivity index (χ1v) is 20.6. The zero-order chi connectivity index (χ0) is 41.6. The van der Waals surface area contributed by atoms with Gasteiger partial charge in [0.25, 0.3) is 17.1 Å². The van der Waals surface area contributed by atoms with E-state index in [0.717, 1.165) is 20.5 Å². The van der Waals surface area contributed by atoms with Gasteiger partial charge in [-0.05, 0) is 75.9 Å². The minimum absolute atomic E-state index is 0.0597. The van der Waals surface area contributed by atoms with Crippen LogP contribution in [0.4, 0.5) is 5.82 Å². The van der Waals surface area contributed by atoms with Crippen molar-refractivity contribution >= 4 is 62.0 Å². The fourth-order valence-corrected chi connectivity index (χ4v) is 6.64. The summed E-state index contributed by atoms with van der Waals surface area (Å²) >= 11 is 15.0. The lowest BCUT2D eigenvalue weighted by Crippen LogP contribution is -2.41. The second kappa shape index (κ2) is 21.9. The Kier molecular flexibility index (Phi) is 17.4. The quantitative estimate of drug-likeness (QED) is 0.143. The van der Waals surface area contributed by atoms with Crippen molar-refractivity contribution < 1.29 is 19.7 Å². The molecule has 0 atom stereocenters. The second-order valence-corrected chi connectivity index (χ2v) is 13.9. The summed E-state index contributed by atoms with van der Waals surface area (Å²) in [6.07, 6.45) is 1.01. The highest BCUT2D eigenvalue weighted by molar-refractivity contribution is 9.08. The molecule has 6 rings (SSSR count). The van der Waals surface area contributed by atoms with Crippen LogP contribution in [0.15, 0.2) is 72.7 Å². The SMILES string of the molecule is CCOC1=Nc2c(c(=O)n(CCCO)c(=O)n2CC)C1.CCOc1nc2c(c(=O)n(CCCO)c(=O)n2CC)n1Cc1ccc(Cl)cc1.Clc1ccc(CBr)cc1. The van der Waals surface area contributed by atoms with E-state index in [1.165, 1.54) is 19.3 Å². The van der Waals surface area contributed by atoms with Crippen molar-refractivity contribution in [2.24, 2.45) is 4.99 Å². The van der Waals surface area contributed by atoms with Gasteiger partial charge < -0.3 is 19.7 Å². The van der Waals surface area contributed by atoms with Crippen LogP contribution in [0.2, 0.25) is 10.0 Å². The molecule has 0 aliphatic carbocycles. The lowest BCUT2D eigenvalue weighted by Gasteiger charge is -2.11. The smallest absolute Gasteiger partial charge is 0.332 e. The first-order valence-electron chi connectivity index (χ1n) is 18.7. The maximum atomic E-state index is 13.1. The predicted octanol–water partition coefficient (Wildman–Crippen LogP) is 5.13. The third kappa shape index (κ3) is 10.9. The Hall–Kier alpha value is -4.48. The van der Waals surface area contributed by atoms with E-state index in [1.807, 2.05) is 64.1 Å². The Labute approximate surface area is 347 Å². The standard InChI is InChI=1S/C19H23ClN4O4.C13H19N3O4.C7H6BrCl/c1-3-22-16-15(17(26)23(19(22)27)10-5-11-25)24(18(21-16)28-4-2)12-13-6-8-14(20)9-7-13;1-3-15-11-9(8-10(14-11)20-4-2)12(18)16(13(15)19)6-5-7-17;8-5-6-1-3-7(9)4-2-6/h6-9,25H,3-5,10-12H2,1-2H3;17H,3-8H2,1-2H3;1-4H,5H2. The number of aromatic nitrogens is 6. The fraction of sp³-hybridized carbons (Fsp3) is 0.436. The summed E-state index contributed by atoms with van der Waals surface area (Å²) in [6, 6.07) is 15.3. The van der Waals surface area contributed by atoms with Crippen molar-refractivity contribution in [3.05, 3.63) is 117 Å². The Balaban J connectivity index is 0.000000215. The number of hydrogen-bond acceptors (Lipinski definition) is 10. The highest BCUT2D eigenvalue weighted by atomic mass is 79.9. The Morgan fingerprint density at radius 3 is 1.74 bits per heavy atom. The van der Waals surface area contributed by atoms with E-state index >= 15 is 0 Å². The molecule has 57 heavy (non-hydrogen) atoms. The number of rotatable bonds is 14. The van der Waals surface area contributed by atoms with Crippen LogP contribution in [0.5, 0.6) is 6.01 Å². The molecule has 18 heteroatoms. The molecule has 0 bridgehead atoms. The lowest BCUT2D eigenvalue weighted by atomic mass is 10.2. The van der Waals surface area contributed by atoms with Gasteiger partial charge in [0.2, 0.25) is 0 Å². The lowest BCUT2D eigenvalue weighted by molar-refractivity contribution is 0.277. The van der Waals surface area contributed by atoms with Crippen molar-refractivity contribution in [2.75, 3.05) is 26.4 Å². The van der Waals surface area contributed by atoms with E-state index in [0.29, 0.717) is 85.6 Å². The molecule has 0 saturated carbocycles. The number of halogens is 3. The molecule has 15 nitrogen and oxygen atoms in total. The Bertz CT molecular complexity index is 2380. The third-order valence-electron chi connectivity index (χ3n) is 8.75. The summed E-state index contributed by atoms with van der Waals surface area (Å²) in [5.74, 6) is 0.882. The maximum Gasteiger partial charge on any atom is 0.332 e. The molecule has 2 aromatic carbocycles. The molecule has 5 aromatic rings. The molecule has 3 aromatic heterocycles. The van der Waals surface area contributed by atoms with E-state index in [9.17, 15) is 19.2 Å². The van der Waals surface area contributed by atoms with E-state index in [2.05, 4.69) is 25.9 Å². The number of alkyl halides is 1. The van der Waals surface area contributed by atoms with Crippen LogP contribution >= 0.6 is 39.1 Å². The monoisotopic (exact) mass is 891 g/mol. The van der Waals surface area contributed by atoms with Crippen molar-refractivity contribution in [3.63, 3.8) is 0 Å². The minimum atomic E-state index is -0.439. The molecular formula is C39H48BrCl2N7O8. The summed E-state index contributed by atoms with van der Waals surface area (Å²) in [6.45, 7) is 9.50. The average Bonchev–Trinajstić information content (AvgIpc) is 3.78. The average molecular weight is 894 g/mol. The zero-order valence-corrected chi connectivity index (χ0v) is 35.5. The number of aliphatic hydroxyl groups excluding tert-OH is 2. The summed E-state index contributed by atoms with van der Waals surface area (Å²) in [5.41, 5.74) is 1.67. The molecule has 2 N–H and O–H groups in total. The van der Waals surface area contributed by atoms with E-state index < -0.39 is 11.2 Å². The Morgan fingerprint density at radius 1 is 0.702 bits per heavy atom. The number of nitrogens with zero attached hydrogens (tertiary/aromatic N) is 7. The van der Waals surface area contributed by atoms with Crippen LogP contribution in [0.25, 0.3) is 11.2 Å². The maximum absolute atomic E-state index is 13.1. The molecule has 1 aliphatic rings. The molecule has 308 valence electrons. The van der Waals surface area contributed by atoms with Gasteiger partial charge in [0.1, 0.15) is 5.82 Å². The van der Waals surface area contributed by atoms with E-state index in [4.69, 9.17) is 42.9 Å². The first-order chi connectivity index (χ1) is 27.5. The highest BCUT2D eigenvalue weighted by Gasteiger charge is 2.26. The molecule has 0 saturated heterocycles. The van der Waals surface area contributed by atoms with Crippen LogP contribution < -0.4 is 27.2 Å². The van der Waals surface area contributed by atoms with Crippen LogP contribution in [-0.2, 0) is 49.2 Å². The molecule has 0 unspecified atom stereocenters. The third-order valence-corrected chi connectivity index (χ3v) is 9.90. The van der Waals surface area contributed by atoms with Crippen molar-refractivity contribution in [1.82, 2.24) is 27.8 Å². The van der Waals surface area contributed by atoms with Crippen molar-refractivity contribution in [1.29, 1.82) is 0 Å². The number of fused-ring (bicyclic) bond motifs is 2. The second-order valence-electron chi connectivity index (χ2n) is 12.5. The largest absolute Gasteiger partial charge is 0.481 e. The molecule has 4 heterocycles. The number of hydrogen-bond donors (Lipinski definition) is 2. The van der Waals surface area contributed by atoms with Gasteiger partial charge in [-0.15, -0.1) is 0 Å². The van der Waals surface area contributed by atoms with Gasteiger partial charge in [0.05, 0.1) is 31.7 Å². The number of ether oxygens (including phenoxy) is 2. The van der Waals surface area contributed by atoms with Gasteiger partial charge in [-0.2, -0.15) is 9.98 Å². The Morgan fingerprint density at radius 2 is 1.23 bits per heavy atom. The van der Waals surface area contributed by atoms with Crippen molar-refractivity contribution in [2.45, 2.75) is 85.0 Å². The molecule has 0 fully saturated rings. The minimum Gasteiger partial charge on any atom is -0.481 e. The van der Waals surface area contributed by atoms with Gasteiger partial charge in [0.15, 0.2) is 17.1 Å². The fourth-order valence-electron chi connectivity index (χ4n) is 6.01. The van der Waals surface area contributed by atoms with Crippen LogP contribution in [0.1, 0.15) is 57.2 Å². The van der Waals surface area contributed by atoms with E-state index in [-0.39, 0.29) is 43.6 Å². The van der Waals surface area contributed by atoms with Gasteiger partial charge in [-0.3, -0.25) is 32.4 Å². The van der Waals surface area contributed by atoms with Crippen molar-refractivity contribution in [3.8, 4) is 6.01 Å². The molecular weight excluding hydrogens is 845 g/mol. The molecule has 1 aliphatic heterocycles. The normalized spacial score (nSPS) is 11.7. The summed E-state index contributed by atoms with van der Waals surface area (Å²) in [7, 11) is 0.